The summed E-state index contributed by atoms with van der Waals surface area (Å²) in [6, 6.07) is 12.0. The molecular formula is C23H25N5O2S. The summed E-state index contributed by atoms with van der Waals surface area (Å²) in [4.78, 5) is 14.8. The number of carbonyl (C=O) groups is 1. The van der Waals surface area contributed by atoms with Crippen LogP contribution in [0.3, 0.4) is 0 Å². The molecule has 0 bridgehead atoms. The van der Waals surface area contributed by atoms with Gasteiger partial charge in [0.1, 0.15) is 11.6 Å². The summed E-state index contributed by atoms with van der Waals surface area (Å²) < 4.78 is 7.57. The maximum Gasteiger partial charge on any atom is 0.237 e. The highest BCUT2D eigenvalue weighted by molar-refractivity contribution is 7.99. The minimum absolute atomic E-state index is 0.0502. The van der Waals surface area contributed by atoms with Gasteiger partial charge in [0.2, 0.25) is 5.91 Å². The molecule has 4 rings (SSSR count). The number of benzene rings is 1. The largest absolute Gasteiger partial charge is 0.467 e. The van der Waals surface area contributed by atoms with Crippen LogP contribution >= 0.6 is 11.8 Å². The predicted molar refractivity (Wildman–Crippen MR) is 119 cm³/mol. The molecule has 160 valence electrons. The molecular weight excluding hydrogens is 410 g/mol. The normalized spacial score (nSPS) is 13.2. The van der Waals surface area contributed by atoms with Crippen molar-refractivity contribution in [2.45, 2.75) is 50.7 Å². The van der Waals surface area contributed by atoms with Gasteiger partial charge in [-0.2, -0.15) is 5.26 Å². The van der Waals surface area contributed by atoms with Crippen molar-refractivity contribution in [3.05, 3.63) is 59.3 Å². The summed E-state index contributed by atoms with van der Waals surface area (Å²) in [6.07, 6.45) is 4.18. The van der Waals surface area contributed by atoms with E-state index in [9.17, 15) is 4.79 Å². The third-order valence-electron chi connectivity index (χ3n) is 5.17. The van der Waals surface area contributed by atoms with Gasteiger partial charge in [-0.1, -0.05) is 17.8 Å². The first-order chi connectivity index (χ1) is 15.0. The van der Waals surface area contributed by atoms with Gasteiger partial charge < -0.3 is 9.32 Å². The van der Waals surface area contributed by atoms with Gasteiger partial charge in [0.25, 0.3) is 0 Å². The number of aryl methyl sites for hydroxylation is 2. The van der Waals surface area contributed by atoms with Crippen LogP contribution in [-0.4, -0.2) is 33.0 Å². The molecule has 2 heterocycles. The average molecular weight is 436 g/mol. The zero-order valence-corrected chi connectivity index (χ0v) is 18.6. The summed E-state index contributed by atoms with van der Waals surface area (Å²) in [5.41, 5.74) is 3.00. The number of anilines is 1. The van der Waals surface area contributed by atoms with E-state index < -0.39 is 0 Å². The van der Waals surface area contributed by atoms with E-state index in [1.807, 2.05) is 38.1 Å². The molecule has 0 saturated heterocycles. The van der Waals surface area contributed by atoms with Crippen LogP contribution in [-0.2, 0) is 11.3 Å². The number of furan rings is 1. The fraction of sp³-hybridized carbons (Fsp3) is 0.391. The van der Waals surface area contributed by atoms with Crippen LogP contribution in [0.2, 0.25) is 0 Å². The number of aromatic nitrogens is 3. The first-order valence-corrected chi connectivity index (χ1v) is 11.4. The van der Waals surface area contributed by atoms with E-state index in [-0.39, 0.29) is 18.1 Å². The molecule has 1 aliphatic rings. The molecule has 0 spiro atoms. The fourth-order valence-electron chi connectivity index (χ4n) is 3.63. The van der Waals surface area contributed by atoms with Crippen LogP contribution in [0, 0.1) is 25.2 Å². The minimum Gasteiger partial charge on any atom is -0.467 e. The van der Waals surface area contributed by atoms with Crippen LogP contribution in [0.25, 0.3) is 0 Å². The fourth-order valence-corrected chi connectivity index (χ4v) is 4.45. The van der Waals surface area contributed by atoms with E-state index in [2.05, 4.69) is 26.9 Å². The second kappa shape index (κ2) is 9.40. The van der Waals surface area contributed by atoms with Crippen LogP contribution in [0.5, 0.6) is 0 Å². The monoisotopic (exact) mass is 435 g/mol. The van der Waals surface area contributed by atoms with Gasteiger partial charge >= 0.3 is 0 Å². The van der Waals surface area contributed by atoms with Gasteiger partial charge in [-0.25, -0.2) is 0 Å². The highest BCUT2D eigenvalue weighted by Gasteiger charge is 2.31. The van der Waals surface area contributed by atoms with E-state index in [1.54, 1.807) is 11.2 Å². The molecule has 1 aromatic carbocycles. The van der Waals surface area contributed by atoms with Crippen molar-refractivity contribution >= 4 is 23.4 Å². The molecule has 1 aliphatic carbocycles. The number of hydrogen-bond acceptors (Lipinski definition) is 6. The van der Waals surface area contributed by atoms with Crippen LogP contribution in [0.4, 0.5) is 5.69 Å². The van der Waals surface area contributed by atoms with E-state index in [4.69, 9.17) is 9.68 Å². The second-order valence-electron chi connectivity index (χ2n) is 7.87. The topological polar surface area (TPSA) is 88.0 Å². The molecule has 3 aromatic rings. The zero-order valence-electron chi connectivity index (χ0n) is 17.7. The minimum atomic E-state index is -0.0502. The number of thioether (sulfide) groups is 1. The second-order valence-corrected chi connectivity index (χ2v) is 8.81. The molecule has 0 atom stereocenters. The summed E-state index contributed by atoms with van der Waals surface area (Å²) in [6.45, 7) is 4.94. The van der Waals surface area contributed by atoms with Crippen molar-refractivity contribution in [1.29, 1.82) is 5.26 Å². The molecule has 0 radical (unpaired) electrons. The lowest BCUT2D eigenvalue weighted by Crippen LogP contribution is -2.33. The Bertz CT molecular complexity index is 1080. The molecule has 0 N–H and O–H groups in total. The quantitative estimate of drug-likeness (QED) is 0.461. The Morgan fingerprint density at radius 3 is 2.71 bits per heavy atom. The Labute approximate surface area is 186 Å². The Kier molecular flexibility index (Phi) is 6.42. The summed E-state index contributed by atoms with van der Waals surface area (Å²) in [7, 11) is 0. The first-order valence-electron chi connectivity index (χ1n) is 10.4. The molecule has 1 saturated carbocycles. The number of hydrogen-bond donors (Lipinski definition) is 0. The van der Waals surface area contributed by atoms with Crippen LogP contribution in [0.15, 0.2) is 46.2 Å². The lowest BCUT2D eigenvalue weighted by molar-refractivity contribution is -0.116. The standard InChI is InChI=1S/C23H25N5O2S/c1-16-11-17(2)13-19(12-16)27(9-4-8-24)21(29)15-31-23-26-25-22(18-6-7-18)28(23)14-20-5-3-10-30-20/h3,5,10-13,18H,4,6-7,9,14-15H2,1-2H3. The van der Waals surface area contributed by atoms with Crippen LogP contribution in [0.1, 0.15) is 47.9 Å². The predicted octanol–water partition coefficient (Wildman–Crippen LogP) is 4.45. The summed E-state index contributed by atoms with van der Waals surface area (Å²) in [5, 5.41) is 18.5. The van der Waals surface area contributed by atoms with Crippen molar-refractivity contribution in [3.63, 3.8) is 0 Å². The highest BCUT2D eigenvalue weighted by Crippen LogP contribution is 2.40. The van der Waals surface area contributed by atoms with E-state index in [0.717, 1.165) is 41.2 Å². The van der Waals surface area contributed by atoms with E-state index in [0.29, 0.717) is 24.2 Å². The van der Waals surface area contributed by atoms with Crippen molar-refractivity contribution in [1.82, 2.24) is 14.8 Å². The number of rotatable bonds is 9. The number of nitriles is 1. The van der Waals surface area contributed by atoms with Gasteiger partial charge in [0.05, 0.1) is 31.1 Å². The maximum atomic E-state index is 13.1. The van der Waals surface area contributed by atoms with Gasteiger partial charge in [-0.3, -0.25) is 9.36 Å². The number of nitrogens with zero attached hydrogens (tertiary/aromatic N) is 5. The Hall–Kier alpha value is -3.05. The lowest BCUT2D eigenvalue weighted by Gasteiger charge is -2.22. The van der Waals surface area contributed by atoms with Gasteiger partial charge in [0.15, 0.2) is 5.16 Å². The van der Waals surface area contributed by atoms with E-state index in [1.165, 1.54) is 11.8 Å². The van der Waals surface area contributed by atoms with Gasteiger partial charge in [0, 0.05) is 18.2 Å². The zero-order chi connectivity index (χ0) is 21.8. The molecule has 1 amide bonds. The first kappa shape index (κ1) is 21.2. The number of carbonyl (C=O) groups excluding carboxylic acids is 1. The average Bonchev–Trinajstić information content (AvgIpc) is 3.29. The molecule has 8 heteroatoms. The van der Waals surface area contributed by atoms with E-state index >= 15 is 0 Å². The maximum absolute atomic E-state index is 13.1. The molecule has 2 aromatic heterocycles. The Morgan fingerprint density at radius 1 is 1.29 bits per heavy atom. The summed E-state index contributed by atoms with van der Waals surface area (Å²) >= 11 is 1.38. The van der Waals surface area contributed by atoms with Crippen molar-refractivity contribution < 1.29 is 9.21 Å². The molecule has 0 unspecified atom stereocenters. The SMILES string of the molecule is Cc1cc(C)cc(N(CCC#N)C(=O)CSc2nnc(C3CC3)n2Cc2ccco2)c1. The Morgan fingerprint density at radius 2 is 2.06 bits per heavy atom. The summed E-state index contributed by atoms with van der Waals surface area (Å²) in [5.74, 6) is 2.41. The Balaban J connectivity index is 1.51. The third kappa shape index (κ3) is 5.17. The molecule has 31 heavy (non-hydrogen) atoms. The van der Waals surface area contributed by atoms with Crippen molar-refractivity contribution in [2.75, 3.05) is 17.2 Å². The molecule has 7 nitrogen and oxygen atoms in total. The molecule has 0 aliphatic heterocycles. The van der Waals surface area contributed by atoms with Crippen LogP contribution < -0.4 is 4.90 Å². The smallest absolute Gasteiger partial charge is 0.237 e. The third-order valence-corrected chi connectivity index (χ3v) is 6.12. The van der Waals surface area contributed by atoms with Gasteiger partial charge in [-0.15, -0.1) is 10.2 Å². The van der Waals surface area contributed by atoms with Crippen molar-refractivity contribution in [2.24, 2.45) is 0 Å². The lowest BCUT2D eigenvalue weighted by atomic mass is 10.1. The molecule has 1 fully saturated rings. The van der Waals surface area contributed by atoms with Crippen molar-refractivity contribution in [3.8, 4) is 6.07 Å². The number of amides is 1. The highest BCUT2D eigenvalue weighted by atomic mass is 32.2. The van der Waals surface area contributed by atoms with Gasteiger partial charge in [-0.05, 0) is 62.1 Å².